The number of rotatable bonds is 4. The molecule has 0 bridgehead atoms. The minimum Gasteiger partial charge on any atom is -0.382 e. The molecule has 0 aliphatic carbocycles. The van der Waals surface area contributed by atoms with Crippen molar-refractivity contribution >= 4 is 5.69 Å². The first-order valence-electron chi connectivity index (χ1n) is 5.67. The molecule has 1 rings (SSSR count). The fraction of sp³-hybridized carbons (Fsp3) is 0.462. The smallest absolute Gasteiger partial charge is 0.382 e. The van der Waals surface area contributed by atoms with Crippen LogP contribution in [0.3, 0.4) is 0 Å². The number of aliphatic hydroxyl groups excluding tert-OH is 1. The zero-order valence-corrected chi connectivity index (χ0v) is 10.6. The lowest BCUT2D eigenvalue weighted by Crippen LogP contribution is -2.35. The summed E-state index contributed by atoms with van der Waals surface area (Å²) in [7, 11) is 0. The fourth-order valence-corrected chi connectivity index (χ4v) is 1.41. The van der Waals surface area contributed by atoms with Crippen molar-refractivity contribution in [3.8, 4) is 6.07 Å². The Kier molecular flexibility index (Phi) is 4.43. The van der Waals surface area contributed by atoms with Crippen molar-refractivity contribution in [1.29, 1.82) is 5.26 Å². The van der Waals surface area contributed by atoms with Gasteiger partial charge >= 0.3 is 6.18 Å². The lowest BCUT2D eigenvalue weighted by molar-refractivity contribution is -0.198. The third-order valence-electron chi connectivity index (χ3n) is 2.74. The maximum Gasteiger partial charge on any atom is 0.416 e. The van der Waals surface area contributed by atoms with Crippen LogP contribution in [0.5, 0.6) is 0 Å². The van der Waals surface area contributed by atoms with Crippen LogP contribution in [-0.4, -0.2) is 23.9 Å². The average Bonchev–Trinajstić information content (AvgIpc) is 2.35. The minimum absolute atomic E-state index is 0.434. The maximum absolute atomic E-state index is 12.1. The van der Waals surface area contributed by atoms with Gasteiger partial charge in [-0.1, -0.05) is 12.1 Å². The molecule has 0 amide bonds. The van der Waals surface area contributed by atoms with E-state index >= 15 is 0 Å². The highest BCUT2D eigenvalue weighted by molar-refractivity contribution is 5.48. The second-order valence-electron chi connectivity index (χ2n) is 4.76. The summed E-state index contributed by atoms with van der Waals surface area (Å²) in [5, 5.41) is 20.4. The topological polar surface area (TPSA) is 56.0 Å². The van der Waals surface area contributed by atoms with Crippen molar-refractivity contribution in [3.05, 3.63) is 29.8 Å². The van der Waals surface area contributed by atoms with Crippen LogP contribution in [0.4, 0.5) is 18.9 Å². The molecule has 1 aromatic carbocycles. The highest BCUT2D eigenvalue weighted by atomic mass is 19.4. The van der Waals surface area contributed by atoms with Gasteiger partial charge in [0.15, 0.2) is 6.10 Å². The van der Waals surface area contributed by atoms with E-state index in [4.69, 9.17) is 10.4 Å². The predicted molar refractivity (Wildman–Crippen MR) is 65.6 cm³/mol. The van der Waals surface area contributed by atoms with Gasteiger partial charge in [0.25, 0.3) is 0 Å². The molecule has 0 fully saturated rings. The Labute approximate surface area is 109 Å². The number of aliphatic hydroxyl groups is 1. The molecule has 0 saturated heterocycles. The zero-order chi connectivity index (χ0) is 14.7. The first-order chi connectivity index (χ1) is 8.66. The van der Waals surface area contributed by atoms with Crippen molar-refractivity contribution in [2.45, 2.75) is 31.5 Å². The van der Waals surface area contributed by atoms with Gasteiger partial charge in [-0.15, -0.1) is 0 Å². The van der Waals surface area contributed by atoms with Crippen molar-refractivity contribution < 1.29 is 18.3 Å². The summed E-state index contributed by atoms with van der Waals surface area (Å²) in [5.74, 6) is 0. The predicted octanol–water partition coefficient (Wildman–Crippen LogP) is 2.82. The number of benzene rings is 1. The Morgan fingerprint density at radius 2 is 2.00 bits per heavy atom. The molecule has 3 nitrogen and oxygen atoms in total. The Bertz CT molecular complexity index is 478. The summed E-state index contributed by atoms with van der Waals surface area (Å²) in [5.41, 5.74) is 0.408. The zero-order valence-electron chi connectivity index (χ0n) is 10.6. The van der Waals surface area contributed by atoms with Crippen molar-refractivity contribution in [3.63, 3.8) is 0 Å². The second kappa shape index (κ2) is 5.49. The van der Waals surface area contributed by atoms with Crippen LogP contribution in [0, 0.1) is 11.3 Å². The first-order valence-corrected chi connectivity index (χ1v) is 5.67. The van der Waals surface area contributed by atoms with Crippen LogP contribution in [-0.2, 0) is 5.41 Å². The first kappa shape index (κ1) is 15.3. The van der Waals surface area contributed by atoms with Crippen LogP contribution in [0.25, 0.3) is 0 Å². The van der Waals surface area contributed by atoms with E-state index in [0.717, 1.165) is 0 Å². The highest BCUT2D eigenvalue weighted by Gasteiger charge is 2.37. The largest absolute Gasteiger partial charge is 0.416 e. The Morgan fingerprint density at radius 1 is 1.37 bits per heavy atom. The lowest BCUT2D eigenvalue weighted by atomic mass is 9.86. The number of anilines is 1. The lowest BCUT2D eigenvalue weighted by Gasteiger charge is -2.19. The number of alkyl halides is 3. The van der Waals surface area contributed by atoms with Gasteiger partial charge in [-0.3, -0.25) is 0 Å². The van der Waals surface area contributed by atoms with Crippen LogP contribution in [0.1, 0.15) is 19.4 Å². The van der Waals surface area contributed by atoms with Crippen LogP contribution < -0.4 is 5.32 Å². The van der Waals surface area contributed by atoms with Gasteiger partial charge in [0.2, 0.25) is 0 Å². The van der Waals surface area contributed by atoms with E-state index in [1.165, 1.54) is 0 Å². The van der Waals surface area contributed by atoms with Crippen LogP contribution in [0.15, 0.2) is 24.3 Å². The molecular weight excluding hydrogens is 257 g/mol. The van der Waals surface area contributed by atoms with Crippen molar-refractivity contribution in [2.75, 3.05) is 11.9 Å². The SMILES string of the molecule is CC(C)(C#N)c1cccc(NC[C@H](O)C(F)(F)F)c1. The van der Waals surface area contributed by atoms with E-state index in [-0.39, 0.29) is 0 Å². The second-order valence-corrected chi connectivity index (χ2v) is 4.76. The van der Waals surface area contributed by atoms with E-state index in [0.29, 0.717) is 11.3 Å². The third kappa shape index (κ3) is 4.14. The molecule has 0 radical (unpaired) electrons. The van der Waals surface area contributed by atoms with Gasteiger partial charge in [-0.05, 0) is 31.5 Å². The number of nitriles is 1. The molecule has 0 spiro atoms. The molecule has 2 N–H and O–H groups in total. The molecule has 0 aliphatic rings. The number of nitrogens with zero attached hydrogens (tertiary/aromatic N) is 1. The summed E-state index contributed by atoms with van der Waals surface area (Å²) in [4.78, 5) is 0. The van der Waals surface area contributed by atoms with E-state index < -0.39 is 24.2 Å². The molecule has 19 heavy (non-hydrogen) atoms. The standard InChI is InChI=1S/C13H15F3N2O/c1-12(2,8-17)9-4-3-5-10(6-9)18-7-11(19)13(14,15)16/h3-6,11,18-19H,7H2,1-2H3/t11-/m0/s1. The van der Waals surface area contributed by atoms with Gasteiger partial charge in [-0.2, -0.15) is 18.4 Å². The third-order valence-corrected chi connectivity index (χ3v) is 2.74. The molecule has 0 aliphatic heterocycles. The molecular formula is C13H15F3N2O. The van der Waals surface area contributed by atoms with Crippen LogP contribution >= 0.6 is 0 Å². The quantitative estimate of drug-likeness (QED) is 0.886. The van der Waals surface area contributed by atoms with E-state index in [2.05, 4.69) is 11.4 Å². The van der Waals surface area contributed by atoms with Gasteiger partial charge in [0.1, 0.15) is 0 Å². The minimum atomic E-state index is -4.64. The Morgan fingerprint density at radius 3 is 2.53 bits per heavy atom. The summed E-state index contributed by atoms with van der Waals surface area (Å²) in [6.45, 7) is 2.81. The monoisotopic (exact) mass is 272 g/mol. The van der Waals surface area contributed by atoms with E-state index in [9.17, 15) is 13.2 Å². The molecule has 1 aromatic rings. The van der Waals surface area contributed by atoms with Crippen molar-refractivity contribution in [2.24, 2.45) is 0 Å². The average molecular weight is 272 g/mol. The maximum atomic E-state index is 12.1. The van der Waals surface area contributed by atoms with Gasteiger partial charge < -0.3 is 10.4 Å². The molecule has 104 valence electrons. The molecule has 0 saturated carbocycles. The molecule has 0 heterocycles. The molecule has 1 atom stereocenters. The normalized spacial score (nSPS) is 13.7. The number of hydrogen-bond acceptors (Lipinski definition) is 3. The highest BCUT2D eigenvalue weighted by Crippen LogP contribution is 2.25. The summed E-state index contributed by atoms with van der Waals surface area (Å²) in [6.07, 6.45) is -7.06. The van der Waals surface area contributed by atoms with Crippen molar-refractivity contribution in [1.82, 2.24) is 0 Å². The molecule has 0 unspecified atom stereocenters. The number of nitrogens with one attached hydrogen (secondary N) is 1. The Balaban J connectivity index is 2.77. The van der Waals surface area contributed by atoms with Gasteiger partial charge in [0, 0.05) is 12.2 Å². The van der Waals surface area contributed by atoms with Crippen LogP contribution in [0.2, 0.25) is 0 Å². The van der Waals surface area contributed by atoms with Gasteiger partial charge in [-0.25, -0.2) is 0 Å². The summed E-state index contributed by atoms with van der Waals surface area (Å²) >= 11 is 0. The van der Waals surface area contributed by atoms with E-state index in [1.54, 1.807) is 38.1 Å². The number of halogens is 3. The molecule has 6 heteroatoms. The number of hydrogen-bond donors (Lipinski definition) is 2. The van der Waals surface area contributed by atoms with E-state index in [1.807, 2.05) is 0 Å². The summed E-state index contributed by atoms with van der Waals surface area (Å²) in [6, 6.07) is 8.68. The van der Waals surface area contributed by atoms with Gasteiger partial charge in [0.05, 0.1) is 11.5 Å². The summed E-state index contributed by atoms with van der Waals surface area (Å²) < 4.78 is 36.4. The Hall–Kier alpha value is -1.74. The fourth-order valence-electron chi connectivity index (χ4n) is 1.41. The molecule has 0 aromatic heterocycles.